The fourth-order valence-electron chi connectivity index (χ4n) is 7.27. The van der Waals surface area contributed by atoms with E-state index < -0.39 is 75.6 Å². The molecule has 4 aliphatic carbocycles. The Balaban J connectivity index is 1.75. The average molecular weight is 541 g/mol. The van der Waals surface area contributed by atoms with Crippen molar-refractivity contribution in [2.24, 2.45) is 23.5 Å². The van der Waals surface area contributed by atoms with Crippen molar-refractivity contribution >= 4 is 29.0 Å². The molecule has 0 radical (unpaired) electrons. The van der Waals surface area contributed by atoms with E-state index in [1.807, 2.05) is 0 Å². The number of carbonyl (C=O) groups excluding carboxylic acids is 4. The molecule has 0 bridgehead atoms. The minimum Gasteiger partial charge on any atom is -0.508 e. The van der Waals surface area contributed by atoms with Gasteiger partial charge in [0.1, 0.15) is 28.6 Å². The number of Topliss-reactive ketones (excluding diaryl/α,β-unsaturated/α-hetero) is 3. The first-order valence-corrected chi connectivity index (χ1v) is 13.0. The number of likely N-dealkylation sites (N-methyl/N-ethyl adjacent to an activating group) is 1. The molecule has 7 N–H and O–H groups in total. The van der Waals surface area contributed by atoms with E-state index in [0.717, 1.165) is 12.8 Å². The van der Waals surface area contributed by atoms with E-state index in [1.54, 1.807) is 6.07 Å². The highest BCUT2D eigenvalue weighted by molar-refractivity contribution is 6.24. The molecule has 1 aromatic carbocycles. The zero-order valence-corrected chi connectivity index (χ0v) is 21.6. The van der Waals surface area contributed by atoms with Crippen molar-refractivity contribution in [2.75, 3.05) is 14.1 Å². The van der Waals surface area contributed by atoms with Crippen LogP contribution in [0.2, 0.25) is 0 Å². The van der Waals surface area contributed by atoms with Gasteiger partial charge in [0.25, 0.3) is 5.91 Å². The lowest BCUT2D eigenvalue weighted by Gasteiger charge is -2.54. The van der Waals surface area contributed by atoms with Crippen LogP contribution in [0.1, 0.15) is 49.1 Å². The van der Waals surface area contributed by atoms with Crippen LogP contribution in [-0.2, 0) is 19.2 Å². The normalized spacial score (nSPS) is 32.8. The summed E-state index contributed by atoms with van der Waals surface area (Å²) in [6.45, 7) is 0. The number of ketones is 3. The van der Waals surface area contributed by atoms with Gasteiger partial charge in [-0.3, -0.25) is 24.1 Å². The van der Waals surface area contributed by atoms with Crippen LogP contribution in [-0.4, -0.2) is 85.5 Å². The molecule has 1 aromatic rings. The summed E-state index contributed by atoms with van der Waals surface area (Å²) in [5.74, 6) is -10.1. The number of primary amides is 1. The maximum Gasteiger partial charge on any atom is 0.255 e. The fourth-order valence-corrected chi connectivity index (χ4v) is 7.27. The molecular weight excluding hydrogens is 508 g/mol. The van der Waals surface area contributed by atoms with E-state index in [4.69, 9.17) is 5.73 Å². The highest BCUT2D eigenvalue weighted by Gasteiger charge is 2.68. The minimum atomic E-state index is -2.99. The van der Waals surface area contributed by atoms with Crippen LogP contribution in [0.4, 0.5) is 0 Å². The molecule has 1 amide bonds. The van der Waals surface area contributed by atoms with Crippen LogP contribution in [0.3, 0.4) is 0 Å². The molecule has 39 heavy (non-hydrogen) atoms. The van der Waals surface area contributed by atoms with Gasteiger partial charge < -0.3 is 31.3 Å². The average Bonchev–Trinajstić information content (AvgIpc) is 3.40. The third kappa shape index (κ3) is 3.67. The molecule has 2 fully saturated rings. The van der Waals surface area contributed by atoms with Gasteiger partial charge in [-0.1, -0.05) is 25.0 Å². The number of nitrogens with zero attached hydrogens (tertiary/aromatic N) is 1. The smallest absolute Gasteiger partial charge is 0.255 e. The number of hydrogen-bond donors (Lipinski definition) is 6. The predicted octanol–water partition coefficient (Wildman–Crippen LogP) is 0.625. The Morgan fingerprint density at radius 2 is 1.74 bits per heavy atom. The van der Waals surface area contributed by atoms with Gasteiger partial charge in [-0.05, 0) is 38.6 Å². The number of nitrogens with two attached hydrogens (primary N) is 1. The summed E-state index contributed by atoms with van der Waals surface area (Å²) in [5.41, 5.74) is 1.09. The van der Waals surface area contributed by atoms with E-state index in [-0.39, 0.29) is 29.4 Å². The van der Waals surface area contributed by atoms with Crippen molar-refractivity contribution in [3.8, 4) is 5.75 Å². The first-order chi connectivity index (χ1) is 18.3. The topological polar surface area (TPSA) is 199 Å². The molecule has 208 valence electrons. The quantitative estimate of drug-likeness (QED) is 0.288. The van der Waals surface area contributed by atoms with Crippen molar-refractivity contribution in [1.29, 1.82) is 0 Å². The summed E-state index contributed by atoms with van der Waals surface area (Å²) in [5, 5.41) is 56.6. The maximum absolute atomic E-state index is 14.1. The number of phenols is 1. The van der Waals surface area contributed by atoms with Crippen LogP contribution in [0.15, 0.2) is 35.1 Å². The highest BCUT2D eigenvalue weighted by atomic mass is 16.4. The molecular formula is C28H32N2O9. The van der Waals surface area contributed by atoms with E-state index in [0.29, 0.717) is 18.4 Å². The van der Waals surface area contributed by atoms with Crippen LogP contribution in [0.5, 0.6) is 5.75 Å². The van der Waals surface area contributed by atoms with Crippen LogP contribution in [0, 0.1) is 17.8 Å². The summed E-state index contributed by atoms with van der Waals surface area (Å²) in [6, 6.07) is 2.95. The Bertz CT molecular complexity index is 1360. The lowest BCUT2D eigenvalue weighted by Crippen LogP contribution is -2.70. The van der Waals surface area contributed by atoms with Gasteiger partial charge in [0.15, 0.2) is 11.4 Å². The number of aliphatic hydroxyl groups excluding tert-OH is 3. The number of aromatic hydroxyl groups is 1. The summed E-state index contributed by atoms with van der Waals surface area (Å²) in [4.78, 5) is 54.3. The number of rotatable bonds is 5. The van der Waals surface area contributed by atoms with Crippen molar-refractivity contribution in [1.82, 2.24) is 4.90 Å². The second kappa shape index (κ2) is 9.29. The van der Waals surface area contributed by atoms with Crippen molar-refractivity contribution in [3.05, 3.63) is 46.2 Å². The summed E-state index contributed by atoms with van der Waals surface area (Å²) < 4.78 is 0. The SMILES string of the molecule is CN(C)C1C(=O)C(C(N)=O)=C(O)C2(O)C(=O)C3=C(O)c4c(O)cccc4C(CC(=O)C4CCCC4)C3C(O)C12. The number of carbonyl (C=O) groups is 4. The summed E-state index contributed by atoms with van der Waals surface area (Å²) in [6.07, 6.45) is 1.39. The lowest BCUT2D eigenvalue weighted by molar-refractivity contribution is -0.170. The third-order valence-electron chi connectivity index (χ3n) is 9.03. The molecule has 0 heterocycles. The van der Waals surface area contributed by atoms with Gasteiger partial charge >= 0.3 is 0 Å². The van der Waals surface area contributed by atoms with Gasteiger partial charge in [0.2, 0.25) is 5.78 Å². The fraction of sp³-hybridized carbons (Fsp3) is 0.500. The second-order valence-corrected chi connectivity index (χ2v) is 11.3. The third-order valence-corrected chi connectivity index (χ3v) is 9.03. The van der Waals surface area contributed by atoms with E-state index in [2.05, 4.69) is 0 Å². The number of hydrogen-bond acceptors (Lipinski definition) is 10. The maximum atomic E-state index is 14.1. The van der Waals surface area contributed by atoms with E-state index >= 15 is 0 Å². The van der Waals surface area contributed by atoms with Gasteiger partial charge in [-0.2, -0.15) is 0 Å². The first kappa shape index (κ1) is 27.0. The molecule has 5 rings (SSSR count). The largest absolute Gasteiger partial charge is 0.508 e. The Kier molecular flexibility index (Phi) is 6.44. The monoisotopic (exact) mass is 540 g/mol. The molecule has 6 unspecified atom stereocenters. The molecule has 6 atom stereocenters. The first-order valence-electron chi connectivity index (χ1n) is 13.0. The number of fused-ring (bicyclic) bond motifs is 3. The van der Waals surface area contributed by atoms with Crippen molar-refractivity contribution in [2.45, 2.75) is 55.8 Å². The molecule has 0 aromatic heterocycles. The van der Waals surface area contributed by atoms with Gasteiger partial charge in [-0.25, -0.2) is 0 Å². The summed E-state index contributed by atoms with van der Waals surface area (Å²) >= 11 is 0. The molecule has 4 aliphatic rings. The van der Waals surface area contributed by atoms with Gasteiger partial charge in [0, 0.05) is 29.7 Å². The number of benzene rings is 1. The van der Waals surface area contributed by atoms with E-state index in [1.165, 1.54) is 31.1 Å². The Morgan fingerprint density at radius 1 is 1.10 bits per heavy atom. The minimum absolute atomic E-state index is 0.0874. The summed E-state index contributed by atoms with van der Waals surface area (Å²) in [7, 11) is 2.89. The standard InChI is InChI=1S/C28H32N2O9/c1-30(2)21-20-23(34)17-13(10-15(32)11-6-3-4-7-11)12-8-5-9-14(31)16(12)22(33)18(17)25(36)28(20,39)26(37)19(24(21)35)27(29)38/h5,8-9,11,13,17,20-21,23,31,33-34,37,39H,3-4,6-7,10H2,1-2H3,(H2,29,38). The molecule has 11 heteroatoms. The zero-order valence-electron chi connectivity index (χ0n) is 21.6. The Hall–Kier alpha value is -3.54. The van der Waals surface area contributed by atoms with Crippen LogP contribution in [0.25, 0.3) is 5.76 Å². The number of aliphatic hydroxyl groups is 4. The van der Waals surface area contributed by atoms with Crippen molar-refractivity contribution < 1.29 is 44.7 Å². The second-order valence-electron chi connectivity index (χ2n) is 11.3. The van der Waals surface area contributed by atoms with Gasteiger partial charge in [0.05, 0.1) is 23.6 Å². The van der Waals surface area contributed by atoms with Crippen LogP contribution < -0.4 is 5.73 Å². The van der Waals surface area contributed by atoms with Gasteiger partial charge in [-0.15, -0.1) is 0 Å². The number of phenolic OH excluding ortho intramolecular Hbond substituents is 1. The lowest BCUT2D eigenvalue weighted by atomic mass is 9.53. The molecule has 0 spiro atoms. The van der Waals surface area contributed by atoms with Crippen LogP contribution >= 0.6 is 0 Å². The number of amides is 1. The molecule has 0 saturated heterocycles. The Morgan fingerprint density at radius 3 is 2.33 bits per heavy atom. The molecule has 2 saturated carbocycles. The molecule has 0 aliphatic heterocycles. The van der Waals surface area contributed by atoms with E-state index in [9.17, 15) is 44.7 Å². The molecule has 11 nitrogen and oxygen atoms in total. The Labute approximate surface area is 224 Å². The zero-order chi connectivity index (χ0) is 28.5. The predicted molar refractivity (Wildman–Crippen MR) is 136 cm³/mol. The highest BCUT2D eigenvalue weighted by Crippen LogP contribution is 2.57. The van der Waals surface area contributed by atoms with Crippen molar-refractivity contribution in [3.63, 3.8) is 0 Å².